The van der Waals surface area contributed by atoms with Crippen LogP contribution in [0.2, 0.25) is 0 Å². The van der Waals surface area contributed by atoms with Gasteiger partial charge < -0.3 is 9.47 Å². The maximum absolute atomic E-state index is 6.15. The molecule has 2 aliphatic rings. The van der Waals surface area contributed by atoms with Crippen molar-refractivity contribution in [3.63, 3.8) is 0 Å². The maximum atomic E-state index is 6.15. The normalized spacial score (nSPS) is 27.6. The molecule has 0 saturated carbocycles. The van der Waals surface area contributed by atoms with Gasteiger partial charge >= 0.3 is 0 Å². The summed E-state index contributed by atoms with van der Waals surface area (Å²) in [6, 6.07) is 7.96. The number of nitrogens with zero attached hydrogens (tertiary/aromatic N) is 3. The molecule has 0 unspecified atom stereocenters. The van der Waals surface area contributed by atoms with E-state index in [4.69, 9.17) is 9.47 Å². The van der Waals surface area contributed by atoms with E-state index < -0.39 is 0 Å². The zero-order chi connectivity index (χ0) is 15.5. The molecule has 1 spiro atoms. The summed E-state index contributed by atoms with van der Waals surface area (Å²) < 4.78 is 12.2. The van der Waals surface area contributed by atoms with Crippen molar-refractivity contribution in [3.05, 3.63) is 54.6 Å². The summed E-state index contributed by atoms with van der Waals surface area (Å²) in [5.74, 6) is 0.823. The van der Waals surface area contributed by atoms with Gasteiger partial charge in [0.25, 0.3) is 0 Å². The molecule has 0 radical (unpaired) electrons. The third kappa shape index (κ3) is 3.35. The largest absolute Gasteiger partial charge is 0.486 e. The van der Waals surface area contributed by atoms with Gasteiger partial charge in [-0.3, -0.25) is 14.9 Å². The van der Waals surface area contributed by atoms with Gasteiger partial charge in [-0.05, 0) is 30.2 Å². The first-order valence-corrected chi connectivity index (χ1v) is 8.13. The van der Waals surface area contributed by atoms with Gasteiger partial charge in [0.15, 0.2) is 0 Å². The van der Waals surface area contributed by atoms with E-state index >= 15 is 0 Å². The average molecular weight is 311 g/mol. The Labute approximate surface area is 136 Å². The SMILES string of the molecule is c1cncc(CN2CC[C@]3(C[C@H](Oc4cccnc4)CO3)C2)c1. The first-order valence-electron chi connectivity index (χ1n) is 8.13. The standard InChI is InChI=1S/C18H21N3O2/c1-3-15(10-19-6-1)12-21-8-5-18(14-21)9-17(13-22-18)23-16-4-2-7-20-11-16/h1-4,6-7,10-11,17H,5,8-9,12-14H2/t17-,18-/m0/s1. The second-order valence-electron chi connectivity index (χ2n) is 6.45. The lowest BCUT2D eigenvalue weighted by Gasteiger charge is -2.23. The summed E-state index contributed by atoms with van der Waals surface area (Å²) in [6.45, 7) is 3.63. The predicted molar refractivity (Wildman–Crippen MR) is 86.1 cm³/mol. The van der Waals surface area contributed by atoms with Crippen molar-refractivity contribution in [2.24, 2.45) is 0 Å². The Morgan fingerprint density at radius 3 is 2.87 bits per heavy atom. The van der Waals surface area contributed by atoms with Crippen LogP contribution in [-0.4, -0.2) is 46.3 Å². The van der Waals surface area contributed by atoms with Crippen LogP contribution in [0, 0.1) is 0 Å². The van der Waals surface area contributed by atoms with E-state index in [1.54, 1.807) is 12.4 Å². The van der Waals surface area contributed by atoms with Gasteiger partial charge in [-0.15, -0.1) is 0 Å². The van der Waals surface area contributed by atoms with Gasteiger partial charge in [0, 0.05) is 44.6 Å². The quantitative estimate of drug-likeness (QED) is 0.867. The van der Waals surface area contributed by atoms with E-state index in [9.17, 15) is 0 Å². The number of ether oxygens (including phenoxy) is 2. The van der Waals surface area contributed by atoms with E-state index in [0.717, 1.165) is 38.2 Å². The van der Waals surface area contributed by atoms with Crippen molar-refractivity contribution in [2.75, 3.05) is 19.7 Å². The lowest BCUT2D eigenvalue weighted by atomic mass is 9.98. The molecule has 5 heteroatoms. The molecule has 2 fully saturated rings. The zero-order valence-corrected chi connectivity index (χ0v) is 13.1. The highest BCUT2D eigenvalue weighted by molar-refractivity contribution is 5.16. The Morgan fingerprint density at radius 1 is 1.22 bits per heavy atom. The third-order valence-electron chi connectivity index (χ3n) is 4.64. The molecule has 0 bridgehead atoms. The summed E-state index contributed by atoms with van der Waals surface area (Å²) in [7, 11) is 0. The molecule has 4 heterocycles. The Balaban J connectivity index is 1.34. The molecular formula is C18H21N3O2. The topological polar surface area (TPSA) is 47.5 Å². The van der Waals surface area contributed by atoms with Crippen molar-refractivity contribution < 1.29 is 9.47 Å². The highest BCUT2D eigenvalue weighted by atomic mass is 16.6. The number of rotatable bonds is 4. The van der Waals surface area contributed by atoms with Crippen LogP contribution in [0.15, 0.2) is 49.1 Å². The second-order valence-corrected chi connectivity index (χ2v) is 6.45. The molecule has 2 saturated heterocycles. The van der Waals surface area contributed by atoms with Crippen LogP contribution in [0.1, 0.15) is 18.4 Å². The fraction of sp³-hybridized carbons (Fsp3) is 0.444. The average Bonchev–Trinajstić information content (AvgIpc) is 3.16. The molecule has 23 heavy (non-hydrogen) atoms. The molecule has 0 aromatic carbocycles. The summed E-state index contributed by atoms with van der Waals surface area (Å²) in [6.07, 6.45) is 9.41. The number of likely N-dealkylation sites (tertiary alicyclic amines) is 1. The summed E-state index contributed by atoms with van der Waals surface area (Å²) in [5.41, 5.74) is 1.21. The first kappa shape index (κ1) is 14.6. The van der Waals surface area contributed by atoms with E-state index in [1.807, 2.05) is 30.6 Å². The zero-order valence-electron chi connectivity index (χ0n) is 13.1. The minimum absolute atomic E-state index is 0.0465. The van der Waals surface area contributed by atoms with Crippen LogP contribution in [0.25, 0.3) is 0 Å². The Bertz CT molecular complexity index is 578. The molecule has 2 aromatic rings. The molecule has 2 atom stereocenters. The third-order valence-corrected chi connectivity index (χ3v) is 4.64. The second kappa shape index (κ2) is 6.26. The Kier molecular flexibility index (Phi) is 3.97. The molecule has 0 N–H and O–H groups in total. The van der Waals surface area contributed by atoms with Crippen LogP contribution < -0.4 is 4.74 Å². The van der Waals surface area contributed by atoms with Gasteiger partial charge in [0.2, 0.25) is 0 Å². The lowest BCUT2D eigenvalue weighted by molar-refractivity contribution is 0.00933. The van der Waals surface area contributed by atoms with Crippen LogP contribution in [0.3, 0.4) is 0 Å². The van der Waals surface area contributed by atoms with Crippen LogP contribution in [0.5, 0.6) is 5.75 Å². The van der Waals surface area contributed by atoms with Gasteiger partial charge in [-0.25, -0.2) is 0 Å². The molecule has 2 aromatic heterocycles. The van der Waals surface area contributed by atoms with Gasteiger partial charge in [-0.2, -0.15) is 0 Å². The smallest absolute Gasteiger partial charge is 0.138 e. The highest BCUT2D eigenvalue weighted by Crippen LogP contribution is 2.37. The molecule has 5 nitrogen and oxygen atoms in total. The van der Waals surface area contributed by atoms with Crippen molar-refractivity contribution in [3.8, 4) is 5.75 Å². The molecule has 0 amide bonds. The van der Waals surface area contributed by atoms with Crippen molar-refractivity contribution in [1.82, 2.24) is 14.9 Å². The molecule has 4 rings (SSSR count). The number of pyridine rings is 2. The van der Waals surface area contributed by atoms with Crippen LogP contribution in [0.4, 0.5) is 0 Å². The monoisotopic (exact) mass is 311 g/mol. The first-order chi connectivity index (χ1) is 11.3. The van der Waals surface area contributed by atoms with Crippen LogP contribution >= 0.6 is 0 Å². The number of hydrogen-bond donors (Lipinski definition) is 0. The molecular weight excluding hydrogens is 290 g/mol. The van der Waals surface area contributed by atoms with Gasteiger partial charge in [-0.1, -0.05) is 6.07 Å². The predicted octanol–water partition coefficient (Wildman–Crippen LogP) is 2.29. The maximum Gasteiger partial charge on any atom is 0.138 e. The van der Waals surface area contributed by atoms with Crippen molar-refractivity contribution >= 4 is 0 Å². The van der Waals surface area contributed by atoms with Crippen molar-refractivity contribution in [1.29, 1.82) is 0 Å². The van der Waals surface area contributed by atoms with E-state index in [1.165, 1.54) is 5.56 Å². The summed E-state index contributed by atoms with van der Waals surface area (Å²) in [4.78, 5) is 10.7. The molecule has 120 valence electrons. The fourth-order valence-corrected chi connectivity index (χ4v) is 3.58. The minimum atomic E-state index is -0.0465. The Hall–Kier alpha value is -1.98. The summed E-state index contributed by atoms with van der Waals surface area (Å²) >= 11 is 0. The van der Waals surface area contributed by atoms with Crippen molar-refractivity contribution in [2.45, 2.75) is 31.1 Å². The van der Waals surface area contributed by atoms with Gasteiger partial charge in [0.05, 0.1) is 18.4 Å². The van der Waals surface area contributed by atoms with E-state index in [-0.39, 0.29) is 11.7 Å². The fourth-order valence-electron chi connectivity index (χ4n) is 3.58. The lowest BCUT2D eigenvalue weighted by Crippen LogP contribution is -2.33. The highest BCUT2D eigenvalue weighted by Gasteiger charge is 2.46. The number of hydrogen-bond acceptors (Lipinski definition) is 5. The van der Waals surface area contributed by atoms with Gasteiger partial charge in [0.1, 0.15) is 11.9 Å². The Morgan fingerprint density at radius 2 is 2.09 bits per heavy atom. The molecule has 2 aliphatic heterocycles. The van der Waals surface area contributed by atoms with E-state index in [0.29, 0.717) is 6.61 Å². The van der Waals surface area contributed by atoms with E-state index in [2.05, 4.69) is 20.9 Å². The number of aromatic nitrogens is 2. The minimum Gasteiger partial charge on any atom is -0.486 e. The van der Waals surface area contributed by atoms with Crippen LogP contribution in [-0.2, 0) is 11.3 Å². The summed E-state index contributed by atoms with van der Waals surface area (Å²) in [5, 5.41) is 0. The molecule has 0 aliphatic carbocycles.